The van der Waals surface area contributed by atoms with Gasteiger partial charge < -0.3 is 10.6 Å². The van der Waals surface area contributed by atoms with Gasteiger partial charge in [-0.05, 0) is 36.1 Å². The van der Waals surface area contributed by atoms with Gasteiger partial charge in [0.05, 0.1) is 5.41 Å². The largest absolute Gasteiger partial charge is 0.340 e. The molecule has 0 aromatic heterocycles. The topological polar surface area (TPSA) is 46.3 Å². The van der Waals surface area contributed by atoms with E-state index in [1.54, 1.807) is 12.1 Å². The molecule has 0 spiro atoms. The number of halogens is 2. The quantitative estimate of drug-likeness (QED) is 0.863. The van der Waals surface area contributed by atoms with Crippen LogP contribution in [0.5, 0.6) is 0 Å². The number of nitrogens with zero attached hydrogens (tertiary/aromatic N) is 1. The Balaban J connectivity index is 0.00000210. The molecule has 27 heavy (non-hydrogen) atoms. The first-order chi connectivity index (χ1) is 12.6. The van der Waals surface area contributed by atoms with Crippen LogP contribution in [0.25, 0.3) is 0 Å². The van der Waals surface area contributed by atoms with E-state index in [-0.39, 0.29) is 36.1 Å². The average molecular weight is 389 g/mol. The zero-order valence-electron chi connectivity index (χ0n) is 15.3. The Morgan fingerprint density at radius 1 is 1.00 bits per heavy atom. The number of hydrogen-bond acceptors (Lipinski definition) is 2. The lowest BCUT2D eigenvalue weighted by atomic mass is 9.77. The van der Waals surface area contributed by atoms with Crippen LogP contribution < -0.4 is 5.73 Å². The summed E-state index contributed by atoms with van der Waals surface area (Å²) in [5, 5.41) is 0. The van der Waals surface area contributed by atoms with E-state index in [1.807, 2.05) is 23.1 Å². The molecule has 144 valence electrons. The van der Waals surface area contributed by atoms with Gasteiger partial charge in [0, 0.05) is 25.0 Å². The summed E-state index contributed by atoms with van der Waals surface area (Å²) in [6.07, 6.45) is 3.73. The maximum Gasteiger partial charge on any atom is 0.233 e. The fraction of sp³-hybridized carbons (Fsp3) is 0.409. The number of benzene rings is 2. The van der Waals surface area contributed by atoms with Gasteiger partial charge >= 0.3 is 0 Å². The molecule has 4 rings (SSSR count). The molecular formula is C22H26ClFN2O. The minimum Gasteiger partial charge on any atom is -0.340 e. The van der Waals surface area contributed by atoms with Gasteiger partial charge in [0.2, 0.25) is 5.91 Å². The maximum absolute atomic E-state index is 13.6. The number of hydrogen-bond donors (Lipinski definition) is 1. The first-order valence-electron chi connectivity index (χ1n) is 9.46. The summed E-state index contributed by atoms with van der Waals surface area (Å²) in [5.74, 6) is 0.0731. The lowest BCUT2D eigenvalue weighted by Crippen LogP contribution is -2.45. The smallest absolute Gasteiger partial charge is 0.233 e. The number of likely N-dealkylation sites (tertiary alicyclic amines) is 1. The van der Waals surface area contributed by atoms with Crippen LogP contribution in [0.15, 0.2) is 54.6 Å². The van der Waals surface area contributed by atoms with Crippen LogP contribution in [0, 0.1) is 5.82 Å². The first kappa shape index (κ1) is 19.8. The van der Waals surface area contributed by atoms with Crippen molar-refractivity contribution in [3.8, 4) is 0 Å². The Hall–Kier alpha value is -1.91. The molecule has 1 aliphatic carbocycles. The molecule has 2 aliphatic rings. The summed E-state index contributed by atoms with van der Waals surface area (Å²) >= 11 is 0. The molecule has 2 aromatic rings. The fourth-order valence-electron chi connectivity index (χ4n) is 4.72. The molecule has 2 aromatic carbocycles. The van der Waals surface area contributed by atoms with Crippen LogP contribution in [0.2, 0.25) is 0 Å². The SMILES string of the molecule is Cl.N[C@@H]1CN(C(=O)C2(c3ccc(F)cc3)CCCC2)C[C@H]1c1ccccc1. The van der Waals surface area contributed by atoms with E-state index < -0.39 is 5.41 Å². The van der Waals surface area contributed by atoms with Crippen LogP contribution in [0.1, 0.15) is 42.7 Å². The minimum absolute atomic E-state index is 0. The van der Waals surface area contributed by atoms with Crippen molar-refractivity contribution in [2.75, 3.05) is 13.1 Å². The van der Waals surface area contributed by atoms with Crippen LogP contribution in [0.4, 0.5) is 4.39 Å². The fourth-order valence-corrected chi connectivity index (χ4v) is 4.72. The monoisotopic (exact) mass is 388 g/mol. The van der Waals surface area contributed by atoms with Crippen molar-refractivity contribution in [2.45, 2.75) is 43.1 Å². The highest BCUT2D eigenvalue weighted by Crippen LogP contribution is 2.44. The van der Waals surface area contributed by atoms with E-state index in [9.17, 15) is 9.18 Å². The Morgan fingerprint density at radius 3 is 2.26 bits per heavy atom. The average Bonchev–Trinajstić information content (AvgIpc) is 3.30. The first-order valence-corrected chi connectivity index (χ1v) is 9.46. The van der Waals surface area contributed by atoms with Gasteiger partial charge in [-0.15, -0.1) is 12.4 Å². The second-order valence-electron chi connectivity index (χ2n) is 7.69. The number of carbonyl (C=O) groups is 1. The maximum atomic E-state index is 13.6. The Kier molecular flexibility index (Phi) is 5.87. The molecule has 1 heterocycles. The number of amides is 1. The molecule has 2 atom stereocenters. The molecule has 0 unspecified atom stereocenters. The summed E-state index contributed by atoms with van der Waals surface area (Å²) in [7, 11) is 0. The summed E-state index contributed by atoms with van der Waals surface area (Å²) < 4.78 is 13.4. The lowest BCUT2D eigenvalue weighted by Gasteiger charge is -2.33. The molecule has 1 saturated heterocycles. The van der Waals surface area contributed by atoms with Gasteiger partial charge in [0.1, 0.15) is 5.82 Å². The molecule has 0 bridgehead atoms. The molecule has 1 aliphatic heterocycles. The van der Waals surface area contributed by atoms with Crippen molar-refractivity contribution in [3.63, 3.8) is 0 Å². The standard InChI is InChI=1S/C22H25FN2O.ClH/c23-18-10-8-17(9-11-18)22(12-4-5-13-22)21(26)25-14-19(20(24)15-25)16-6-2-1-3-7-16;/h1-3,6-11,19-20H,4-5,12-15,24H2;1H/t19-,20+;/m0./s1. The Morgan fingerprint density at radius 2 is 1.63 bits per heavy atom. The molecule has 2 N–H and O–H groups in total. The van der Waals surface area contributed by atoms with Gasteiger partial charge in [0.25, 0.3) is 0 Å². The lowest BCUT2D eigenvalue weighted by molar-refractivity contribution is -0.136. The second-order valence-corrected chi connectivity index (χ2v) is 7.69. The third kappa shape index (κ3) is 3.61. The summed E-state index contributed by atoms with van der Waals surface area (Å²) in [6.45, 7) is 1.24. The van der Waals surface area contributed by atoms with Crippen LogP contribution in [-0.2, 0) is 10.2 Å². The van der Waals surface area contributed by atoms with Gasteiger partial charge in [-0.2, -0.15) is 0 Å². The van der Waals surface area contributed by atoms with E-state index in [0.29, 0.717) is 13.1 Å². The molecule has 3 nitrogen and oxygen atoms in total. The minimum atomic E-state index is -0.515. The van der Waals surface area contributed by atoms with Crippen molar-refractivity contribution in [3.05, 3.63) is 71.5 Å². The highest BCUT2D eigenvalue weighted by Gasteiger charge is 2.47. The van der Waals surface area contributed by atoms with Gasteiger partial charge in [-0.1, -0.05) is 55.3 Å². The molecule has 5 heteroatoms. The van der Waals surface area contributed by atoms with E-state index in [0.717, 1.165) is 31.2 Å². The van der Waals surface area contributed by atoms with Crippen molar-refractivity contribution in [1.29, 1.82) is 0 Å². The number of carbonyl (C=O) groups excluding carboxylic acids is 1. The molecule has 1 saturated carbocycles. The van der Waals surface area contributed by atoms with Crippen molar-refractivity contribution >= 4 is 18.3 Å². The number of nitrogens with two attached hydrogens (primary N) is 1. The van der Waals surface area contributed by atoms with Crippen molar-refractivity contribution in [1.82, 2.24) is 4.90 Å². The van der Waals surface area contributed by atoms with Gasteiger partial charge in [0.15, 0.2) is 0 Å². The summed E-state index contributed by atoms with van der Waals surface area (Å²) in [6, 6.07) is 16.6. The molecule has 2 fully saturated rings. The van der Waals surface area contributed by atoms with Crippen LogP contribution in [0.3, 0.4) is 0 Å². The predicted octanol–water partition coefficient (Wildman–Crippen LogP) is 4.01. The van der Waals surface area contributed by atoms with E-state index in [4.69, 9.17) is 5.73 Å². The normalized spacial score (nSPS) is 23.9. The second kappa shape index (κ2) is 7.99. The van der Waals surface area contributed by atoms with E-state index in [2.05, 4.69) is 12.1 Å². The summed E-state index contributed by atoms with van der Waals surface area (Å²) in [5.41, 5.74) is 8.02. The summed E-state index contributed by atoms with van der Waals surface area (Å²) in [4.78, 5) is 15.5. The van der Waals surface area contributed by atoms with Gasteiger partial charge in [-0.25, -0.2) is 4.39 Å². The third-order valence-corrected chi connectivity index (χ3v) is 6.14. The highest BCUT2D eigenvalue weighted by atomic mass is 35.5. The van der Waals surface area contributed by atoms with Crippen molar-refractivity contribution < 1.29 is 9.18 Å². The molecule has 1 amide bonds. The van der Waals surface area contributed by atoms with Crippen molar-refractivity contribution in [2.24, 2.45) is 5.73 Å². The number of rotatable bonds is 3. The van der Waals surface area contributed by atoms with Gasteiger partial charge in [-0.3, -0.25) is 4.79 Å². The molecular weight excluding hydrogens is 363 g/mol. The Bertz CT molecular complexity index is 775. The zero-order valence-corrected chi connectivity index (χ0v) is 16.1. The predicted molar refractivity (Wildman–Crippen MR) is 108 cm³/mol. The van der Waals surface area contributed by atoms with Crippen LogP contribution >= 0.6 is 12.4 Å². The highest BCUT2D eigenvalue weighted by molar-refractivity contribution is 5.89. The third-order valence-electron chi connectivity index (χ3n) is 6.14. The van der Waals surface area contributed by atoms with Crippen LogP contribution in [-0.4, -0.2) is 29.9 Å². The van der Waals surface area contributed by atoms with E-state index in [1.165, 1.54) is 17.7 Å². The molecule has 0 radical (unpaired) electrons. The zero-order chi connectivity index (χ0) is 18.1. The Labute approximate surface area is 166 Å². The van der Waals surface area contributed by atoms with E-state index >= 15 is 0 Å².